The predicted molar refractivity (Wildman–Crippen MR) is 36.6 cm³/mol. The van der Waals surface area contributed by atoms with Gasteiger partial charge in [-0.25, -0.2) is 0 Å². The van der Waals surface area contributed by atoms with Crippen molar-refractivity contribution in [3.8, 4) is 6.07 Å². The zero-order chi connectivity index (χ0) is 9.83. The first kappa shape index (κ1) is 11.2. The van der Waals surface area contributed by atoms with Crippen LogP contribution in [-0.2, 0) is 0 Å². The van der Waals surface area contributed by atoms with Gasteiger partial charge < -0.3 is 5.11 Å². The maximum Gasteiger partial charge on any atom is 0.161 e. The Morgan fingerprint density at radius 2 is 1.58 bits per heavy atom. The number of hydrogen-bond donors (Lipinski definition) is 1. The molecule has 0 aromatic rings. The predicted octanol–water partition coefficient (Wildman–Crippen LogP) is 1.16. The first-order valence-electron chi connectivity index (χ1n) is 3.31. The standard InChI is InChI=1S/C7H10F3NO/c1-6(12,5-11)7(2-8,3-9)4-10/h12H,2-4H2,1H3. The van der Waals surface area contributed by atoms with E-state index in [0.717, 1.165) is 6.92 Å². The number of hydrogen-bond acceptors (Lipinski definition) is 2. The average Bonchev–Trinajstić information content (AvgIpc) is 2.08. The fourth-order valence-electron chi connectivity index (χ4n) is 0.616. The van der Waals surface area contributed by atoms with Crippen molar-refractivity contribution in [3.63, 3.8) is 0 Å². The van der Waals surface area contributed by atoms with Gasteiger partial charge in [0.15, 0.2) is 5.60 Å². The van der Waals surface area contributed by atoms with Crippen molar-refractivity contribution in [2.24, 2.45) is 5.41 Å². The first-order chi connectivity index (χ1) is 5.49. The molecule has 1 atom stereocenters. The second kappa shape index (κ2) is 3.76. The summed E-state index contributed by atoms with van der Waals surface area (Å²) in [6.45, 7) is -3.31. The molecule has 1 unspecified atom stereocenters. The van der Waals surface area contributed by atoms with Crippen molar-refractivity contribution in [2.75, 3.05) is 20.0 Å². The Kier molecular flexibility index (Phi) is 3.53. The highest BCUT2D eigenvalue weighted by atomic mass is 19.1. The molecule has 0 aliphatic heterocycles. The summed E-state index contributed by atoms with van der Waals surface area (Å²) in [5, 5.41) is 17.5. The van der Waals surface area contributed by atoms with Crippen LogP contribution in [0.2, 0.25) is 0 Å². The van der Waals surface area contributed by atoms with Crippen LogP contribution in [0.25, 0.3) is 0 Å². The molecule has 0 aromatic heterocycles. The number of alkyl halides is 3. The Morgan fingerprint density at radius 3 is 1.67 bits per heavy atom. The lowest BCUT2D eigenvalue weighted by atomic mass is 9.76. The van der Waals surface area contributed by atoms with Gasteiger partial charge in [0.25, 0.3) is 0 Å². The third-order valence-corrected chi connectivity index (χ3v) is 2.02. The molecule has 0 radical (unpaired) electrons. The topological polar surface area (TPSA) is 44.0 Å². The lowest BCUT2D eigenvalue weighted by Crippen LogP contribution is -2.50. The second-order valence-corrected chi connectivity index (χ2v) is 2.87. The highest BCUT2D eigenvalue weighted by molar-refractivity contribution is 5.09. The number of halogens is 3. The normalized spacial score (nSPS) is 16.7. The molecule has 0 rings (SSSR count). The van der Waals surface area contributed by atoms with Crippen molar-refractivity contribution in [3.05, 3.63) is 0 Å². The van der Waals surface area contributed by atoms with Gasteiger partial charge in [-0.2, -0.15) is 5.26 Å². The van der Waals surface area contributed by atoms with Crippen molar-refractivity contribution in [1.82, 2.24) is 0 Å². The van der Waals surface area contributed by atoms with Crippen LogP contribution < -0.4 is 0 Å². The number of aliphatic hydroxyl groups is 1. The van der Waals surface area contributed by atoms with Gasteiger partial charge in [0.05, 0.1) is 11.5 Å². The third-order valence-electron chi connectivity index (χ3n) is 2.02. The molecule has 2 nitrogen and oxygen atoms in total. The van der Waals surface area contributed by atoms with Crippen molar-refractivity contribution in [2.45, 2.75) is 12.5 Å². The summed E-state index contributed by atoms with van der Waals surface area (Å²) in [4.78, 5) is 0. The largest absolute Gasteiger partial charge is 0.375 e. The molecule has 70 valence electrons. The minimum Gasteiger partial charge on any atom is -0.375 e. The Balaban J connectivity index is 4.85. The molecular weight excluding hydrogens is 171 g/mol. The summed E-state index contributed by atoms with van der Waals surface area (Å²) < 4.78 is 36.6. The minimum absolute atomic E-state index is 0.895. The van der Waals surface area contributed by atoms with Gasteiger partial charge >= 0.3 is 0 Å². The molecule has 0 aliphatic carbocycles. The van der Waals surface area contributed by atoms with Gasteiger partial charge in [-0.15, -0.1) is 0 Å². The molecule has 1 N–H and O–H groups in total. The van der Waals surface area contributed by atoms with Crippen molar-refractivity contribution < 1.29 is 18.3 Å². The highest BCUT2D eigenvalue weighted by Crippen LogP contribution is 2.33. The van der Waals surface area contributed by atoms with Crippen molar-refractivity contribution >= 4 is 0 Å². The van der Waals surface area contributed by atoms with E-state index in [1.54, 1.807) is 0 Å². The zero-order valence-electron chi connectivity index (χ0n) is 6.65. The maximum absolute atomic E-state index is 12.2. The van der Waals surface area contributed by atoms with Gasteiger partial charge in [0, 0.05) is 0 Å². The lowest BCUT2D eigenvalue weighted by molar-refractivity contribution is -0.0661. The summed E-state index contributed by atoms with van der Waals surface area (Å²) in [6, 6.07) is 1.27. The fourth-order valence-corrected chi connectivity index (χ4v) is 0.616. The molecule has 5 heteroatoms. The number of rotatable bonds is 4. The molecule has 0 saturated carbocycles. The molecule has 0 fully saturated rings. The number of nitriles is 1. The van der Waals surface area contributed by atoms with Gasteiger partial charge in [-0.3, -0.25) is 13.2 Å². The summed E-state index contributed by atoms with van der Waals surface area (Å²) in [5.74, 6) is 0. The molecule has 0 bridgehead atoms. The first-order valence-corrected chi connectivity index (χ1v) is 3.31. The van der Waals surface area contributed by atoms with Crippen molar-refractivity contribution in [1.29, 1.82) is 5.26 Å². The SMILES string of the molecule is CC(O)(C#N)C(CF)(CF)CF. The van der Waals surface area contributed by atoms with E-state index in [4.69, 9.17) is 10.4 Å². The molecule has 0 saturated heterocycles. The zero-order valence-corrected chi connectivity index (χ0v) is 6.65. The molecule has 0 spiro atoms. The maximum atomic E-state index is 12.2. The van der Waals surface area contributed by atoms with Crippen LogP contribution in [0.15, 0.2) is 0 Å². The summed E-state index contributed by atoms with van der Waals surface area (Å²) in [5.41, 5.74) is -4.55. The monoisotopic (exact) mass is 181 g/mol. The quantitative estimate of drug-likeness (QED) is 0.661. The van der Waals surface area contributed by atoms with Gasteiger partial charge in [-0.05, 0) is 6.92 Å². The van der Waals surface area contributed by atoms with E-state index in [9.17, 15) is 13.2 Å². The molecule has 0 amide bonds. The van der Waals surface area contributed by atoms with Crippen LogP contribution in [0.5, 0.6) is 0 Å². The molecule has 0 aromatic carbocycles. The van der Waals surface area contributed by atoms with Crippen LogP contribution in [0.4, 0.5) is 13.2 Å². The van der Waals surface area contributed by atoms with Crippen LogP contribution >= 0.6 is 0 Å². The van der Waals surface area contributed by atoms with Crippen LogP contribution in [0.1, 0.15) is 6.92 Å². The summed E-state index contributed by atoms with van der Waals surface area (Å²) in [6.07, 6.45) is 0. The van der Waals surface area contributed by atoms with Crippen LogP contribution in [0.3, 0.4) is 0 Å². The van der Waals surface area contributed by atoms with Gasteiger partial charge in [0.2, 0.25) is 0 Å². The third kappa shape index (κ3) is 1.53. The van der Waals surface area contributed by atoms with Gasteiger partial charge in [-0.1, -0.05) is 0 Å². The van der Waals surface area contributed by atoms with E-state index in [-0.39, 0.29) is 0 Å². The van der Waals surface area contributed by atoms with E-state index in [2.05, 4.69) is 0 Å². The molecule has 0 aliphatic rings. The highest BCUT2D eigenvalue weighted by Gasteiger charge is 2.48. The number of nitrogens with zero attached hydrogens (tertiary/aromatic N) is 1. The summed E-state index contributed by atoms with van der Waals surface area (Å²) >= 11 is 0. The Morgan fingerprint density at radius 1 is 1.25 bits per heavy atom. The smallest absolute Gasteiger partial charge is 0.161 e. The van der Waals surface area contributed by atoms with E-state index in [0.29, 0.717) is 0 Å². The van der Waals surface area contributed by atoms with Gasteiger partial charge in [0.1, 0.15) is 20.0 Å². The Bertz CT molecular complexity index is 175. The van der Waals surface area contributed by atoms with E-state index >= 15 is 0 Å². The Labute approximate surface area is 68.6 Å². The molecule has 0 heterocycles. The Hall–Kier alpha value is -0.760. The van der Waals surface area contributed by atoms with E-state index in [1.807, 2.05) is 0 Å². The molecular formula is C7H10F3NO. The van der Waals surface area contributed by atoms with E-state index in [1.165, 1.54) is 6.07 Å². The average molecular weight is 181 g/mol. The summed E-state index contributed by atoms with van der Waals surface area (Å²) in [7, 11) is 0. The van der Waals surface area contributed by atoms with Crippen LogP contribution in [0, 0.1) is 16.7 Å². The molecule has 12 heavy (non-hydrogen) atoms. The van der Waals surface area contributed by atoms with Crippen LogP contribution in [-0.4, -0.2) is 30.7 Å². The lowest BCUT2D eigenvalue weighted by Gasteiger charge is -2.33. The fraction of sp³-hybridized carbons (Fsp3) is 0.857. The minimum atomic E-state index is -2.31. The van der Waals surface area contributed by atoms with E-state index < -0.39 is 31.0 Å². The second-order valence-electron chi connectivity index (χ2n) is 2.87.